The van der Waals surface area contributed by atoms with E-state index >= 15 is 0 Å². The summed E-state index contributed by atoms with van der Waals surface area (Å²) in [6, 6.07) is 6.54. The molecule has 3 rings (SSSR count). The van der Waals surface area contributed by atoms with E-state index in [2.05, 4.69) is 10.3 Å². The number of hydrogen-bond acceptors (Lipinski definition) is 5. The number of aliphatic imine (C=N–C) groups is 1. The van der Waals surface area contributed by atoms with Gasteiger partial charge in [-0.05, 0) is 18.9 Å². The van der Waals surface area contributed by atoms with Crippen LogP contribution in [0.5, 0.6) is 0 Å². The summed E-state index contributed by atoms with van der Waals surface area (Å²) >= 11 is 0. The zero-order chi connectivity index (χ0) is 20.1. The van der Waals surface area contributed by atoms with Crippen molar-refractivity contribution in [3.63, 3.8) is 0 Å². The molecule has 0 radical (unpaired) electrons. The zero-order valence-electron chi connectivity index (χ0n) is 16.1. The summed E-state index contributed by atoms with van der Waals surface area (Å²) in [6.45, 7) is 5.39. The van der Waals surface area contributed by atoms with Crippen molar-refractivity contribution >= 4 is 23.6 Å². The Balaban J connectivity index is 1.76. The fourth-order valence-electron chi connectivity index (χ4n) is 3.48. The van der Waals surface area contributed by atoms with Crippen LogP contribution in [0.4, 0.5) is 4.79 Å². The number of esters is 1. The third-order valence-electron chi connectivity index (χ3n) is 4.94. The van der Waals surface area contributed by atoms with Gasteiger partial charge in [-0.25, -0.2) is 9.79 Å². The van der Waals surface area contributed by atoms with Gasteiger partial charge < -0.3 is 19.7 Å². The molecule has 1 fully saturated rings. The van der Waals surface area contributed by atoms with Crippen molar-refractivity contribution in [2.75, 3.05) is 32.9 Å². The van der Waals surface area contributed by atoms with Gasteiger partial charge in [-0.3, -0.25) is 9.59 Å². The lowest BCUT2D eigenvalue weighted by molar-refractivity contribution is -0.155. The Morgan fingerprint density at radius 2 is 2.07 bits per heavy atom. The van der Waals surface area contributed by atoms with Gasteiger partial charge in [-0.2, -0.15) is 0 Å². The van der Waals surface area contributed by atoms with Crippen molar-refractivity contribution in [1.29, 1.82) is 0 Å². The Kier molecular flexibility index (Phi) is 6.41. The van der Waals surface area contributed by atoms with Gasteiger partial charge >= 0.3 is 12.0 Å². The van der Waals surface area contributed by atoms with E-state index in [9.17, 15) is 14.4 Å². The van der Waals surface area contributed by atoms with Crippen molar-refractivity contribution in [2.24, 2.45) is 10.9 Å². The first-order valence-electron chi connectivity index (χ1n) is 9.46. The summed E-state index contributed by atoms with van der Waals surface area (Å²) < 4.78 is 10.6. The lowest BCUT2D eigenvalue weighted by Gasteiger charge is -2.31. The Hall–Kier alpha value is -2.74. The van der Waals surface area contributed by atoms with Crippen molar-refractivity contribution in [1.82, 2.24) is 10.2 Å². The Labute approximate surface area is 163 Å². The highest BCUT2D eigenvalue weighted by atomic mass is 16.5. The minimum Gasteiger partial charge on any atom is -0.455 e. The van der Waals surface area contributed by atoms with E-state index in [0.29, 0.717) is 38.4 Å². The highest BCUT2D eigenvalue weighted by molar-refractivity contribution is 6.09. The number of nitrogens with one attached hydrogen (secondary N) is 1. The molecule has 1 saturated heterocycles. The predicted molar refractivity (Wildman–Crippen MR) is 102 cm³/mol. The van der Waals surface area contributed by atoms with Crippen LogP contribution in [0.1, 0.15) is 30.5 Å². The van der Waals surface area contributed by atoms with Gasteiger partial charge in [0.05, 0.1) is 19.3 Å². The average Bonchev–Trinajstić information content (AvgIpc) is 2.71. The highest BCUT2D eigenvalue weighted by Crippen LogP contribution is 2.29. The third-order valence-corrected chi connectivity index (χ3v) is 4.94. The van der Waals surface area contributed by atoms with Crippen molar-refractivity contribution in [2.45, 2.75) is 26.3 Å². The van der Waals surface area contributed by atoms with Gasteiger partial charge in [-0.1, -0.05) is 36.8 Å². The second kappa shape index (κ2) is 8.97. The van der Waals surface area contributed by atoms with Gasteiger partial charge in [-0.15, -0.1) is 0 Å². The SMILES string of the molecule is CCC1=NC(=O)NC(c2cccc(C)c2)C1C(=O)OCC(=O)N1CCOCC1. The van der Waals surface area contributed by atoms with Crippen LogP contribution in [-0.4, -0.2) is 61.4 Å². The number of benzene rings is 1. The van der Waals surface area contributed by atoms with Crippen LogP contribution in [0, 0.1) is 12.8 Å². The zero-order valence-corrected chi connectivity index (χ0v) is 16.1. The smallest absolute Gasteiger partial charge is 0.341 e. The van der Waals surface area contributed by atoms with Crippen molar-refractivity contribution in [3.8, 4) is 0 Å². The van der Waals surface area contributed by atoms with E-state index in [1.54, 1.807) is 4.90 Å². The molecular formula is C20H25N3O5. The van der Waals surface area contributed by atoms with Crippen LogP contribution in [0.3, 0.4) is 0 Å². The van der Waals surface area contributed by atoms with Gasteiger partial charge in [0.2, 0.25) is 0 Å². The molecule has 8 nitrogen and oxygen atoms in total. The number of ether oxygens (including phenoxy) is 2. The van der Waals surface area contributed by atoms with E-state index in [1.165, 1.54) is 0 Å². The number of amides is 3. The molecule has 0 bridgehead atoms. The van der Waals surface area contributed by atoms with Crippen molar-refractivity contribution in [3.05, 3.63) is 35.4 Å². The molecular weight excluding hydrogens is 362 g/mol. The normalized spacial score (nSPS) is 22.3. The molecule has 2 heterocycles. The number of aryl methyl sites for hydroxylation is 1. The first-order chi connectivity index (χ1) is 13.5. The first kappa shape index (κ1) is 20.0. The second-order valence-electron chi connectivity index (χ2n) is 6.88. The van der Waals surface area contributed by atoms with Gasteiger partial charge in [0.25, 0.3) is 5.91 Å². The standard InChI is InChI=1S/C20H25N3O5/c1-3-15-17(19(25)28-12-16(24)23-7-9-27-10-8-23)18(22-20(26)21-15)14-6-4-5-13(2)11-14/h4-6,11,17-18H,3,7-10,12H2,1-2H3,(H,22,26). The molecule has 2 unspecified atom stereocenters. The summed E-state index contributed by atoms with van der Waals surface area (Å²) in [5, 5.41) is 2.77. The summed E-state index contributed by atoms with van der Waals surface area (Å²) in [6.07, 6.45) is 0.437. The molecule has 8 heteroatoms. The maximum Gasteiger partial charge on any atom is 0.341 e. The van der Waals surface area contributed by atoms with Crippen LogP contribution in [0.2, 0.25) is 0 Å². The third kappa shape index (κ3) is 4.56. The fraction of sp³-hybridized carbons (Fsp3) is 0.500. The molecule has 150 valence electrons. The van der Waals surface area contributed by atoms with Gasteiger partial charge in [0.15, 0.2) is 6.61 Å². The molecule has 3 amide bonds. The maximum absolute atomic E-state index is 12.9. The quantitative estimate of drug-likeness (QED) is 0.775. The van der Waals surface area contributed by atoms with Gasteiger partial charge in [0.1, 0.15) is 5.92 Å². The number of carbonyl (C=O) groups excluding carboxylic acids is 3. The number of hydrogen-bond donors (Lipinski definition) is 1. The van der Waals surface area contributed by atoms with E-state index in [1.807, 2.05) is 38.1 Å². The van der Waals surface area contributed by atoms with E-state index in [-0.39, 0.29) is 12.5 Å². The molecule has 0 saturated carbocycles. The van der Waals surface area contributed by atoms with E-state index < -0.39 is 24.0 Å². The van der Waals surface area contributed by atoms with Crippen LogP contribution in [0.25, 0.3) is 0 Å². The molecule has 0 aliphatic carbocycles. The van der Waals surface area contributed by atoms with E-state index in [4.69, 9.17) is 9.47 Å². The molecule has 2 aliphatic rings. The molecule has 0 aromatic heterocycles. The number of urea groups is 1. The summed E-state index contributed by atoms with van der Waals surface area (Å²) in [5.41, 5.74) is 2.27. The summed E-state index contributed by atoms with van der Waals surface area (Å²) in [7, 11) is 0. The second-order valence-corrected chi connectivity index (χ2v) is 6.88. The molecule has 0 spiro atoms. The van der Waals surface area contributed by atoms with Crippen LogP contribution >= 0.6 is 0 Å². The molecule has 28 heavy (non-hydrogen) atoms. The highest BCUT2D eigenvalue weighted by Gasteiger charge is 2.39. The lowest BCUT2D eigenvalue weighted by Crippen LogP contribution is -2.46. The van der Waals surface area contributed by atoms with Crippen LogP contribution in [0.15, 0.2) is 29.3 Å². The largest absolute Gasteiger partial charge is 0.455 e. The monoisotopic (exact) mass is 387 g/mol. The Morgan fingerprint density at radius 1 is 1.32 bits per heavy atom. The summed E-state index contributed by atoms with van der Waals surface area (Å²) in [4.78, 5) is 42.8. The molecule has 1 aromatic rings. The number of nitrogens with zero attached hydrogens (tertiary/aromatic N) is 2. The topological polar surface area (TPSA) is 97.3 Å². The Morgan fingerprint density at radius 3 is 2.75 bits per heavy atom. The Bertz CT molecular complexity index is 786. The number of carbonyl (C=O) groups is 3. The minimum absolute atomic E-state index is 0.251. The maximum atomic E-state index is 12.9. The minimum atomic E-state index is -0.762. The molecule has 2 atom stereocenters. The van der Waals surface area contributed by atoms with Crippen LogP contribution < -0.4 is 5.32 Å². The number of rotatable bonds is 5. The fourth-order valence-corrected chi connectivity index (χ4v) is 3.48. The molecule has 1 N–H and O–H groups in total. The first-order valence-corrected chi connectivity index (χ1v) is 9.46. The molecule has 2 aliphatic heterocycles. The molecule has 1 aromatic carbocycles. The van der Waals surface area contributed by atoms with E-state index in [0.717, 1.165) is 11.1 Å². The van der Waals surface area contributed by atoms with Gasteiger partial charge in [0, 0.05) is 18.8 Å². The predicted octanol–water partition coefficient (Wildman–Crippen LogP) is 1.63. The average molecular weight is 387 g/mol. The number of morpholine rings is 1. The lowest BCUT2D eigenvalue weighted by atomic mass is 9.86. The summed E-state index contributed by atoms with van der Waals surface area (Å²) in [5.74, 6) is -1.57. The van der Waals surface area contributed by atoms with Crippen molar-refractivity contribution < 1.29 is 23.9 Å². The van der Waals surface area contributed by atoms with Crippen LogP contribution in [-0.2, 0) is 19.1 Å².